The summed E-state index contributed by atoms with van der Waals surface area (Å²) in [6, 6.07) is 0.559. The zero-order valence-electron chi connectivity index (χ0n) is 13.4. The van der Waals surface area contributed by atoms with Crippen molar-refractivity contribution >= 4 is 17.7 Å². The standard InChI is InChI=1S/C17H30N2OS/c1-13-8-11-19(16-5-3-2-4-15(13)16)17(20)12-21-14-6-9-18-10-7-14/h13-16,18H,2-12H2,1H3. The summed E-state index contributed by atoms with van der Waals surface area (Å²) in [5, 5.41) is 4.09. The van der Waals surface area contributed by atoms with Crippen LogP contribution in [0.1, 0.15) is 51.9 Å². The van der Waals surface area contributed by atoms with E-state index in [1.807, 2.05) is 11.8 Å². The van der Waals surface area contributed by atoms with E-state index in [4.69, 9.17) is 0 Å². The van der Waals surface area contributed by atoms with Gasteiger partial charge in [0.15, 0.2) is 0 Å². The zero-order valence-corrected chi connectivity index (χ0v) is 14.2. The van der Waals surface area contributed by atoms with Crippen LogP contribution in [0.5, 0.6) is 0 Å². The number of thioether (sulfide) groups is 1. The molecule has 2 saturated heterocycles. The van der Waals surface area contributed by atoms with Crippen LogP contribution in [0.3, 0.4) is 0 Å². The molecular formula is C17H30N2OS. The topological polar surface area (TPSA) is 32.3 Å². The van der Waals surface area contributed by atoms with Crippen LogP contribution in [0, 0.1) is 11.8 Å². The van der Waals surface area contributed by atoms with Gasteiger partial charge in [-0.05, 0) is 57.0 Å². The van der Waals surface area contributed by atoms with Crippen LogP contribution >= 0.6 is 11.8 Å². The van der Waals surface area contributed by atoms with E-state index >= 15 is 0 Å². The SMILES string of the molecule is CC1CCN(C(=O)CSC2CCNCC2)C2CCCCC12. The Balaban J connectivity index is 1.53. The number of carbonyl (C=O) groups is 1. The Bertz CT molecular complexity index is 357. The van der Waals surface area contributed by atoms with Crippen LogP contribution in [0.2, 0.25) is 0 Å². The Kier molecular flexibility index (Phi) is 5.49. The summed E-state index contributed by atoms with van der Waals surface area (Å²) in [5.41, 5.74) is 0. The molecule has 2 heterocycles. The lowest BCUT2D eigenvalue weighted by Crippen LogP contribution is -2.53. The van der Waals surface area contributed by atoms with Gasteiger partial charge in [-0.1, -0.05) is 19.8 Å². The van der Waals surface area contributed by atoms with Gasteiger partial charge in [0, 0.05) is 17.8 Å². The number of nitrogens with one attached hydrogen (secondary N) is 1. The highest BCUT2D eigenvalue weighted by atomic mass is 32.2. The lowest BCUT2D eigenvalue weighted by atomic mass is 9.72. The predicted molar refractivity (Wildman–Crippen MR) is 89.6 cm³/mol. The van der Waals surface area contributed by atoms with Gasteiger partial charge in [-0.3, -0.25) is 4.79 Å². The Labute approximate surface area is 133 Å². The number of nitrogens with zero attached hydrogens (tertiary/aromatic N) is 1. The van der Waals surface area contributed by atoms with Gasteiger partial charge in [-0.2, -0.15) is 0 Å². The number of fused-ring (bicyclic) bond motifs is 1. The van der Waals surface area contributed by atoms with E-state index in [-0.39, 0.29) is 0 Å². The molecule has 3 rings (SSSR count). The molecule has 21 heavy (non-hydrogen) atoms. The van der Waals surface area contributed by atoms with Gasteiger partial charge in [0.05, 0.1) is 5.75 Å². The van der Waals surface area contributed by atoms with E-state index in [0.717, 1.165) is 31.5 Å². The summed E-state index contributed by atoms with van der Waals surface area (Å²) in [4.78, 5) is 15.0. The summed E-state index contributed by atoms with van der Waals surface area (Å²) < 4.78 is 0. The van der Waals surface area contributed by atoms with Crippen molar-refractivity contribution in [3.8, 4) is 0 Å². The molecule has 1 N–H and O–H groups in total. The Morgan fingerprint density at radius 2 is 1.90 bits per heavy atom. The van der Waals surface area contributed by atoms with Gasteiger partial charge in [-0.15, -0.1) is 11.8 Å². The lowest BCUT2D eigenvalue weighted by Gasteiger charge is -2.47. The van der Waals surface area contributed by atoms with E-state index in [2.05, 4.69) is 17.1 Å². The second-order valence-electron chi connectivity index (χ2n) is 7.13. The summed E-state index contributed by atoms with van der Waals surface area (Å²) in [5.74, 6) is 2.72. The average molecular weight is 311 g/mol. The normalized spacial score (nSPS) is 34.5. The van der Waals surface area contributed by atoms with E-state index < -0.39 is 0 Å². The van der Waals surface area contributed by atoms with Crippen LogP contribution in [-0.2, 0) is 4.79 Å². The van der Waals surface area contributed by atoms with Crippen molar-refractivity contribution < 1.29 is 4.79 Å². The van der Waals surface area contributed by atoms with Crippen molar-refractivity contribution in [2.45, 2.75) is 63.2 Å². The highest BCUT2D eigenvalue weighted by Gasteiger charge is 2.39. The van der Waals surface area contributed by atoms with Crippen LogP contribution in [-0.4, -0.2) is 47.5 Å². The molecule has 1 aliphatic carbocycles. The van der Waals surface area contributed by atoms with Crippen molar-refractivity contribution in [2.24, 2.45) is 11.8 Å². The molecule has 3 atom stereocenters. The van der Waals surface area contributed by atoms with E-state index in [0.29, 0.717) is 23.0 Å². The maximum absolute atomic E-state index is 12.7. The first-order valence-electron chi connectivity index (χ1n) is 8.87. The van der Waals surface area contributed by atoms with Gasteiger partial charge < -0.3 is 10.2 Å². The third kappa shape index (κ3) is 3.76. The average Bonchev–Trinajstić information content (AvgIpc) is 2.54. The number of piperidine rings is 2. The van der Waals surface area contributed by atoms with Crippen LogP contribution in [0.15, 0.2) is 0 Å². The van der Waals surface area contributed by atoms with Crippen molar-refractivity contribution in [2.75, 3.05) is 25.4 Å². The second kappa shape index (κ2) is 7.36. The molecular weight excluding hydrogens is 280 g/mol. The monoisotopic (exact) mass is 310 g/mol. The first-order valence-corrected chi connectivity index (χ1v) is 9.92. The first kappa shape index (κ1) is 15.7. The van der Waals surface area contributed by atoms with Crippen LogP contribution < -0.4 is 5.32 Å². The molecule has 4 heteroatoms. The Hall–Kier alpha value is -0.220. The van der Waals surface area contributed by atoms with E-state index in [1.165, 1.54) is 44.9 Å². The van der Waals surface area contributed by atoms with Crippen molar-refractivity contribution in [1.82, 2.24) is 10.2 Å². The molecule has 0 bridgehead atoms. The minimum absolute atomic E-state index is 0.419. The van der Waals surface area contributed by atoms with Gasteiger partial charge >= 0.3 is 0 Å². The Morgan fingerprint density at radius 3 is 2.71 bits per heavy atom. The van der Waals surface area contributed by atoms with Gasteiger partial charge in [0.1, 0.15) is 0 Å². The number of rotatable bonds is 3. The largest absolute Gasteiger partial charge is 0.339 e. The number of carbonyl (C=O) groups excluding carboxylic acids is 1. The highest BCUT2D eigenvalue weighted by molar-refractivity contribution is 8.00. The van der Waals surface area contributed by atoms with E-state index in [1.54, 1.807) is 0 Å². The molecule has 0 aromatic heterocycles. The number of likely N-dealkylation sites (tertiary alicyclic amines) is 1. The molecule has 2 aliphatic heterocycles. The van der Waals surface area contributed by atoms with Crippen molar-refractivity contribution in [3.63, 3.8) is 0 Å². The maximum atomic E-state index is 12.7. The Morgan fingerprint density at radius 1 is 1.14 bits per heavy atom. The molecule has 0 radical (unpaired) electrons. The summed E-state index contributed by atoms with van der Waals surface area (Å²) in [7, 11) is 0. The number of amides is 1. The van der Waals surface area contributed by atoms with Crippen LogP contribution in [0.25, 0.3) is 0 Å². The van der Waals surface area contributed by atoms with Crippen molar-refractivity contribution in [1.29, 1.82) is 0 Å². The zero-order chi connectivity index (χ0) is 14.7. The molecule has 3 fully saturated rings. The van der Waals surface area contributed by atoms with Crippen LogP contribution in [0.4, 0.5) is 0 Å². The molecule has 1 saturated carbocycles. The number of hydrogen-bond acceptors (Lipinski definition) is 3. The molecule has 3 nitrogen and oxygen atoms in total. The fourth-order valence-corrected chi connectivity index (χ4v) is 5.57. The minimum atomic E-state index is 0.419. The minimum Gasteiger partial charge on any atom is -0.339 e. The molecule has 0 aromatic rings. The molecule has 0 aromatic carbocycles. The predicted octanol–water partition coefficient (Wildman–Crippen LogP) is 2.90. The fourth-order valence-electron chi connectivity index (χ4n) is 4.46. The number of hydrogen-bond donors (Lipinski definition) is 1. The molecule has 3 unspecified atom stereocenters. The molecule has 120 valence electrons. The molecule has 1 amide bonds. The quantitative estimate of drug-likeness (QED) is 0.870. The lowest BCUT2D eigenvalue weighted by molar-refractivity contribution is -0.136. The van der Waals surface area contributed by atoms with Crippen molar-refractivity contribution in [3.05, 3.63) is 0 Å². The summed E-state index contributed by atoms with van der Waals surface area (Å²) in [6.07, 6.45) is 8.94. The third-order valence-electron chi connectivity index (χ3n) is 5.79. The second-order valence-corrected chi connectivity index (χ2v) is 8.42. The van der Waals surface area contributed by atoms with E-state index in [9.17, 15) is 4.79 Å². The van der Waals surface area contributed by atoms with Gasteiger partial charge in [0.2, 0.25) is 5.91 Å². The fraction of sp³-hybridized carbons (Fsp3) is 0.941. The third-order valence-corrected chi connectivity index (χ3v) is 7.14. The summed E-state index contributed by atoms with van der Waals surface area (Å²) >= 11 is 1.91. The molecule has 0 spiro atoms. The van der Waals surface area contributed by atoms with Gasteiger partial charge in [0.25, 0.3) is 0 Å². The van der Waals surface area contributed by atoms with Gasteiger partial charge in [-0.25, -0.2) is 0 Å². The summed E-state index contributed by atoms with van der Waals surface area (Å²) in [6.45, 7) is 5.65. The molecule has 3 aliphatic rings. The maximum Gasteiger partial charge on any atom is 0.232 e. The highest BCUT2D eigenvalue weighted by Crippen LogP contribution is 2.39. The smallest absolute Gasteiger partial charge is 0.232 e. The first-order chi connectivity index (χ1) is 10.3.